The van der Waals surface area contributed by atoms with Gasteiger partial charge in [0, 0.05) is 10.7 Å². The molecule has 0 aliphatic heterocycles. The number of aromatic nitrogens is 1. The number of rotatable bonds is 4. The lowest BCUT2D eigenvalue weighted by Gasteiger charge is -2.15. The molecule has 1 heterocycles. The zero-order valence-corrected chi connectivity index (χ0v) is 14.3. The van der Waals surface area contributed by atoms with Gasteiger partial charge in [-0.25, -0.2) is 9.37 Å². The Morgan fingerprint density at radius 3 is 2.77 bits per heavy atom. The van der Waals surface area contributed by atoms with Gasteiger partial charge in [0.15, 0.2) is 23.5 Å². The third-order valence-corrected chi connectivity index (χ3v) is 3.60. The van der Waals surface area contributed by atoms with Crippen molar-refractivity contribution in [2.45, 2.75) is 13.0 Å². The van der Waals surface area contributed by atoms with E-state index < -0.39 is 17.8 Å². The molecule has 0 spiro atoms. The van der Waals surface area contributed by atoms with Crippen molar-refractivity contribution in [3.8, 4) is 5.75 Å². The molecule has 2 rings (SSSR count). The number of amides is 1. The largest absolute Gasteiger partial charge is 0.478 e. The number of hydrogen-bond acceptors (Lipinski definition) is 3. The number of carbonyl (C=O) groups is 1. The predicted octanol–water partition coefficient (Wildman–Crippen LogP) is 4.70. The number of hydrogen-bond donors (Lipinski definition) is 1. The summed E-state index contributed by atoms with van der Waals surface area (Å²) in [6.45, 7) is 1.49. The van der Waals surface area contributed by atoms with Crippen molar-refractivity contribution in [3.63, 3.8) is 0 Å². The van der Waals surface area contributed by atoms with Crippen LogP contribution in [-0.4, -0.2) is 17.0 Å². The van der Waals surface area contributed by atoms with E-state index >= 15 is 0 Å². The van der Waals surface area contributed by atoms with E-state index in [-0.39, 0.29) is 16.6 Å². The van der Waals surface area contributed by atoms with Crippen molar-refractivity contribution in [1.82, 2.24) is 4.98 Å². The molecule has 0 bridgehead atoms. The van der Waals surface area contributed by atoms with E-state index in [0.717, 1.165) is 0 Å². The van der Waals surface area contributed by atoms with Crippen molar-refractivity contribution in [1.29, 1.82) is 0 Å². The number of nitrogens with zero attached hydrogens (tertiary/aromatic N) is 1. The first-order chi connectivity index (χ1) is 10.4. The van der Waals surface area contributed by atoms with Crippen LogP contribution in [0.1, 0.15) is 6.92 Å². The fourth-order valence-corrected chi connectivity index (χ4v) is 2.30. The smallest absolute Gasteiger partial charge is 0.266 e. The minimum Gasteiger partial charge on any atom is -0.478 e. The second-order valence-corrected chi connectivity index (χ2v) is 6.07. The normalized spacial score (nSPS) is 11.9. The molecule has 22 heavy (non-hydrogen) atoms. The minimum atomic E-state index is -0.941. The van der Waals surface area contributed by atoms with Gasteiger partial charge < -0.3 is 10.1 Å². The third-order valence-electron chi connectivity index (χ3n) is 2.62. The summed E-state index contributed by atoms with van der Waals surface area (Å²) in [7, 11) is 0. The highest BCUT2D eigenvalue weighted by atomic mass is 79.9. The van der Waals surface area contributed by atoms with Crippen LogP contribution >= 0.6 is 39.1 Å². The molecule has 0 saturated carbocycles. The highest BCUT2D eigenvalue weighted by Gasteiger charge is 2.18. The molecule has 2 aromatic rings. The summed E-state index contributed by atoms with van der Waals surface area (Å²) in [5, 5.41) is 3.04. The average molecular weight is 408 g/mol. The number of pyridine rings is 1. The molecule has 1 aromatic carbocycles. The first-order valence-electron chi connectivity index (χ1n) is 6.10. The first-order valence-corrected chi connectivity index (χ1v) is 7.65. The van der Waals surface area contributed by atoms with Crippen LogP contribution in [0, 0.1) is 5.82 Å². The summed E-state index contributed by atoms with van der Waals surface area (Å²) >= 11 is 14.8. The van der Waals surface area contributed by atoms with Crippen LogP contribution < -0.4 is 10.1 Å². The molecule has 0 fully saturated rings. The number of nitrogens with one attached hydrogen (secondary N) is 1. The van der Waals surface area contributed by atoms with Gasteiger partial charge in [0.1, 0.15) is 0 Å². The van der Waals surface area contributed by atoms with E-state index in [1.54, 1.807) is 6.07 Å². The lowest BCUT2D eigenvalue weighted by molar-refractivity contribution is -0.122. The highest BCUT2D eigenvalue weighted by Crippen LogP contribution is 2.24. The van der Waals surface area contributed by atoms with E-state index in [1.807, 2.05) is 0 Å². The Bertz CT molecular complexity index is 715. The molecule has 1 amide bonds. The predicted molar refractivity (Wildman–Crippen MR) is 87.1 cm³/mol. The second-order valence-electron chi connectivity index (χ2n) is 4.31. The summed E-state index contributed by atoms with van der Waals surface area (Å²) in [5.74, 6) is -0.959. The van der Waals surface area contributed by atoms with Crippen molar-refractivity contribution in [2.24, 2.45) is 0 Å². The Morgan fingerprint density at radius 1 is 1.41 bits per heavy atom. The maximum Gasteiger partial charge on any atom is 0.266 e. The van der Waals surface area contributed by atoms with Crippen LogP contribution in [0.15, 0.2) is 34.9 Å². The molecule has 1 N–H and O–H groups in total. The molecule has 8 heteroatoms. The average Bonchev–Trinajstić information content (AvgIpc) is 2.44. The topological polar surface area (TPSA) is 51.2 Å². The van der Waals surface area contributed by atoms with E-state index in [9.17, 15) is 9.18 Å². The van der Waals surface area contributed by atoms with Gasteiger partial charge in [0.05, 0.1) is 10.0 Å². The number of carbonyl (C=O) groups excluding carboxylic acids is 1. The Balaban J connectivity index is 2.05. The molecule has 0 aliphatic carbocycles. The van der Waals surface area contributed by atoms with Gasteiger partial charge in [-0.05, 0) is 31.2 Å². The molecule has 0 radical (unpaired) electrons. The van der Waals surface area contributed by atoms with Gasteiger partial charge >= 0.3 is 0 Å². The zero-order valence-electron chi connectivity index (χ0n) is 11.2. The van der Waals surface area contributed by atoms with Crippen LogP contribution in [-0.2, 0) is 4.79 Å². The van der Waals surface area contributed by atoms with Gasteiger partial charge in [-0.1, -0.05) is 39.1 Å². The van der Waals surface area contributed by atoms with Gasteiger partial charge in [-0.3, -0.25) is 4.79 Å². The molecule has 1 atom stereocenters. The van der Waals surface area contributed by atoms with E-state index in [1.165, 1.54) is 31.3 Å². The molecule has 1 unspecified atom stereocenters. The van der Waals surface area contributed by atoms with Crippen LogP contribution in [0.4, 0.5) is 10.2 Å². The molecule has 0 saturated heterocycles. The lowest BCUT2D eigenvalue weighted by atomic mass is 10.3. The minimum absolute atomic E-state index is 0.0268. The van der Waals surface area contributed by atoms with Crippen molar-refractivity contribution in [2.75, 3.05) is 5.32 Å². The van der Waals surface area contributed by atoms with Crippen molar-refractivity contribution < 1.29 is 13.9 Å². The number of anilines is 1. The molecule has 1 aromatic heterocycles. The molecule has 4 nitrogen and oxygen atoms in total. The van der Waals surface area contributed by atoms with Crippen LogP contribution in [0.3, 0.4) is 0 Å². The van der Waals surface area contributed by atoms with Gasteiger partial charge in [-0.15, -0.1) is 0 Å². The SMILES string of the molecule is CC(Oc1ccc(Br)cc1F)C(=O)Nc1ncc(Cl)cc1Cl. The van der Waals surface area contributed by atoms with Crippen LogP contribution in [0.5, 0.6) is 5.75 Å². The Labute approximate surface area is 144 Å². The van der Waals surface area contributed by atoms with Gasteiger partial charge in [0.25, 0.3) is 5.91 Å². The first kappa shape index (κ1) is 17.0. The summed E-state index contributed by atoms with van der Waals surface area (Å²) in [6.07, 6.45) is 0.410. The Kier molecular flexibility index (Phi) is 5.61. The van der Waals surface area contributed by atoms with E-state index in [0.29, 0.717) is 9.50 Å². The molecule has 0 aliphatic rings. The van der Waals surface area contributed by atoms with Crippen molar-refractivity contribution >= 4 is 50.9 Å². The third kappa shape index (κ3) is 4.32. The van der Waals surface area contributed by atoms with E-state index in [2.05, 4.69) is 26.2 Å². The fourth-order valence-electron chi connectivity index (χ4n) is 1.54. The monoisotopic (exact) mass is 406 g/mol. The Hall–Kier alpha value is -1.37. The van der Waals surface area contributed by atoms with E-state index in [4.69, 9.17) is 27.9 Å². The number of benzene rings is 1. The highest BCUT2D eigenvalue weighted by molar-refractivity contribution is 9.10. The lowest BCUT2D eigenvalue weighted by Crippen LogP contribution is -2.30. The second kappa shape index (κ2) is 7.26. The summed E-state index contributed by atoms with van der Waals surface area (Å²) < 4.78 is 19.5. The van der Waals surface area contributed by atoms with Gasteiger partial charge in [-0.2, -0.15) is 0 Å². The van der Waals surface area contributed by atoms with Crippen LogP contribution in [0.2, 0.25) is 10.0 Å². The number of ether oxygens (including phenoxy) is 1. The molecular weight excluding hydrogens is 398 g/mol. The zero-order chi connectivity index (χ0) is 16.3. The van der Waals surface area contributed by atoms with Gasteiger partial charge in [0.2, 0.25) is 0 Å². The molecule has 116 valence electrons. The molecular formula is C14H10BrCl2FN2O2. The van der Waals surface area contributed by atoms with Crippen LogP contribution in [0.25, 0.3) is 0 Å². The summed E-state index contributed by atoms with van der Waals surface area (Å²) in [6, 6.07) is 5.74. The number of halogens is 4. The fraction of sp³-hybridized carbons (Fsp3) is 0.143. The quantitative estimate of drug-likeness (QED) is 0.799. The van der Waals surface area contributed by atoms with Crippen molar-refractivity contribution in [3.05, 3.63) is 50.8 Å². The summed E-state index contributed by atoms with van der Waals surface area (Å²) in [5.41, 5.74) is 0. The Morgan fingerprint density at radius 2 is 2.14 bits per heavy atom. The standard InChI is InChI=1S/C14H10BrCl2FN2O2/c1-7(22-12-3-2-8(15)4-11(12)18)14(21)20-13-10(17)5-9(16)6-19-13/h2-7H,1H3,(H,19,20,21). The maximum atomic E-state index is 13.7. The maximum absolute atomic E-state index is 13.7. The summed E-state index contributed by atoms with van der Waals surface area (Å²) in [4.78, 5) is 15.9.